The fourth-order valence-corrected chi connectivity index (χ4v) is 5.39. The van der Waals surface area contributed by atoms with Crippen molar-refractivity contribution in [3.05, 3.63) is 58.3 Å². The van der Waals surface area contributed by atoms with Crippen LogP contribution in [0.3, 0.4) is 0 Å². The summed E-state index contributed by atoms with van der Waals surface area (Å²) >= 11 is 3.38. The van der Waals surface area contributed by atoms with Crippen LogP contribution in [0.4, 0.5) is 0 Å². The third kappa shape index (κ3) is 2.34. The first-order chi connectivity index (χ1) is 11.7. The normalized spacial score (nSPS) is 12.9. The van der Waals surface area contributed by atoms with Crippen molar-refractivity contribution in [1.29, 1.82) is 0 Å². The second kappa shape index (κ2) is 6.22. The number of nitrogens with zero attached hydrogens (tertiary/aromatic N) is 2. The molecule has 1 aliphatic rings. The summed E-state index contributed by atoms with van der Waals surface area (Å²) < 4.78 is 2.13. The predicted molar refractivity (Wildman–Crippen MR) is 103 cm³/mol. The number of hydrogen-bond acceptors (Lipinski definition) is 4. The molecule has 2 aromatic heterocycles. The Bertz CT molecular complexity index is 1000. The van der Waals surface area contributed by atoms with E-state index in [2.05, 4.69) is 47.3 Å². The lowest BCUT2D eigenvalue weighted by molar-refractivity contribution is 0.753. The molecule has 0 aliphatic heterocycles. The van der Waals surface area contributed by atoms with Crippen LogP contribution < -0.4 is 5.43 Å². The predicted octanol–water partition coefficient (Wildman–Crippen LogP) is 4.52. The van der Waals surface area contributed by atoms with Crippen molar-refractivity contribution < 1.29 is 0 Å². The van der Waals surface area contributed by atoms with E-state index >= 15 is 0 Å². The van der Waals surface area contributed by atoms with Gasteiger partial charge in [0.2, 0.25) is 5.43 Å². The topological polar surface area (TPSA) is 34.9 Å². The summed E-state index contributed by atoms with van der Waals surface area (Å²) in [5.41, 5.74) is 4.20. The first-order valence-electron chi connectivity index (χ1n) is 8.12. The molecule has 0 N–H and O–H groups in total. The van der Waals surface area contributed by atoms with Crippen molar-refractivity contribution in [3.63, 3.8) is 0 Å². The van der Waals surface area contributed by atoms with Crippen LogP contribution in [0.2, 0.25) is 0 Å². The SMILES string of the molecule is C=CCn1c(SCC)nc2c(=O)c3c(sc21)-c1ccccc1CC3. The average Bonchev–Trinajstić information content (AvgIpc) is 2.94. The average molecular weight is 355 g/mol. The van der Waals surface area contributed by atoms with E-state index < -0.39 is 0 Å². The molecule has 4 rings (SSSR count). The maximum Gasteiger partial charge on any atom is 0.211 e. The third-order valence-corrected chi connectivity index (χ3v) is 6.48. The summed E-state index contributed by atoms with van der Waals surface area (Å²) in [6, 6.07) is 8.42. The van der Waals surface area contributed by atoms with Gasteiger partial charge in [-0.15, -0.1) is 17.9 Å². The number of aryl methyl sites for hydroxylation is 1. The third-order valence-electron chi connectivity index (χ3n) is 4.34. The van der Waals surface area contributed by atoms with Gasteiger partial charge in [-0.2, -0.15) is 0 Å². The van der Waals surface area contributed by atoms with E-state index in [0.717, 1.165) is 39.0 Å². The van der Waals surface area contributed by atoms with E-state index in [-0.39, 0.29) is 5.43 Å². The number of thioether (sulfide) groups is 1. The first-order valence-corrected chi connectivity index (χ1v) is 9.93. The van der Waals surface area contributed by atoms with Crippen LogP contribution in [-0.4, -0.2) is 15.3 Å². The molecule has 0 unspecified atom stereocenters. The molecule has 3 nitrogen and oxygen atoms in total. The minimum absolute atomic E-state index is 0.106. The van der Waals surface area contributed by atoms with Gasteiger partial charge in [-0.3, -0.25) is 4.79 Å². The largest absolute Gasteiger partial charge is 0.307 e. The summed E-state index contributed by atoms with van der Waals surface area (Å²) in [6.45, 7) is 6.64. The van der Waals surface area contributed by atoms with Crippen LogP contribution in [0.15, 0.2) is 46.9 Å². The van der Waals surface area contributed by atoms with Crippen LogP contribution in [0.1, 0.15) is 18.1 Å². The Morgan fingerprint density at radius 1 is 1.38 bits per heavy atom. The quantitative estimate of drug-likeness (QED) is 0.510. The van der Waals surface area contributed by atoms with Crippen LogP contribution >= 0.6 is 23.1 Å². The number of fused-ring (bicyclic) bond motifs is 4. The number of rotatable bonds is 4. The minimum Gasteiger partial charge on any atom is -0.307 e. The van der Waals surface area contributed by atoms with E-state index in [0.29, 0.717) is 12.1 Å². The highest BCUT2D eigenvalue weighted by Crippen LogP contribution is 2.38. The van der Waals surface area contributed by atoms with Crippen molar-refractivity contribution in [2.45, 2.75) is 31.5 Å². The summed E-state index contributed by atoms with van der Waals surface area (Å²) in [4.78, 5) is 19.8. The second-order valence-corrected chi connectivity index (χ2v) is 8.01. The van der Waals surface area contributed by atoms with Gasteiger partial charge in [0.1, 0.15) is 10.3 Å². The van der Waals surface area contributed by atoms with Gasteiger partial charge >= 0.3 is 0 Å². The van der Waals surface area contributed by atoms with Gasteiger partial charge in [0.05, 0.1) is 0 Å². The Kier molecular flexibility index (Phi) is 4.06. The molecule has 0 amide bonds. The molecule has 0 radical (unpaired) electrons. The van der Waals surface area contributed by atoms with E-state index in [9.17, 15) is 4.79 Å². The van der Waals surface area contributed by atoms with E-state index in [1.165, 1.54) is 11.1 Å². The molecule has 24 heavy (non-hydrogen) atoms. The second-order valence-electron chi connectivity index (χ2n) is 5.78. The molecule has 3 aromatic rings. The number of aromatic nitrogens is 2. The lowest BCUT2D eigenvalue weighted by Crippen LogP contribution is -2.15. The van der Waals surface area contributed by atoms with Crippen LogP contribution in [0.25, 0.3) is 20.8 Å². The van der Waals surface area contributed by atoms with Crippen LogP contribution in [0, 0.1) is 0 Å². The fourth-order valence-electron chi connectivity index (χ4n) is 3.27. The maximum absolute atomic E-state index is 13.1. The zero-order valence-electron chi connectivity index (χ0n) is 13.5. The highest BCUT2D eigenvalue weighted by molar-refractivity contribution is 7.99. The first kappa shape index (κ1) is 15.7. The molecular formula is C19H18N2OS2. The van der Waals surface area contributed by atoms with Gasteiger partial charge in [-0.1, -0.05) is 49.0 Å². The Balaban J connectivity index is 2.05. The minimum atomic E-state index is 0.106. The van der Waals surface area contributed by atoms with E-state index in [1.807, 2.05) is 6.08 Å². The van der Waals surface area contributed by atoms with Gasteiger partial charge in [0.25, 0.3) is 0 Å². The molecular weight excluding hydrogens is 336 g/mol. The summed E-state index contributed by atoms with van der Waals surface area (Å²) in [6.07, 6.45) is 3.61. The summed E-state index contributed by atoms with van der Waals surface area (Å²) in [5.74, 6) is 0.932. The highest BCUT2D eigenvalue weighted by atomic mass is 32.2. The molecule has 2 heterocycles. The Labute approximate surface area is 149 Å². The van der Waals surface area contributed by atoms with E-state index in [4.69, 9.17) is 0 Å². The zero-order valence-corrected chi connectivity index (χ0v) is 15.2. The van der Waals surface area contributed by atoms with E-state index in [1.54, 1.807) is 23.1 Å². The van der Waals surface area contributed by atoms with Gasteiger partial charge in [-0.25, -0.2) is 4.98 Å². The lowest BCUT2D eigenvalue weighted by Gasteiger charge is -2.18. The number of hydrogen-bond donors (Lipinski definition) is 0. The molecule has 0 fully saturated rings. The van der Waals surface area contributed by atoms with Gasteiger partial charge in [0.15, 0.2) is 5.16 Å². The smallest absolute Gasteiger partial charge is 0.211 e. The van der Waals surface area contributed by atoms with Crippen LogP contribution in [-0.2, 0) is 19.4 Å². The molecule has 0 spiro atoms. The molecule has 0 atom stereocenters. The number of allylic oxidation sites excluding steroid dienone is 1. The lowest BCUT2D eigenvalue weighted by atomic mass is 9.91. The van der Waals surface area contributed by atoms with Crippen molar-refractivity contribution in [2.75, 3.05) is 5.75 Å². The van der Waals surface area contributed by atoms with Gasteiger partial charge in [0, 0.05) is 17.0 Å². The molecule has 1 aliphatic carbocycles. The number of benzene rings is 1. The van der Waals surface area contributed by atoms with Crippen molar-refractivity contribution in [3.8, 4) is 10.4 Å². The molecule has 5 heteroatoms. The van der Waals surface area contributed by atoms with Crippen LogP contribution in [0.5, 0.6) is 0 Å². The Hall–Kier alpha value is -1.85. The molecule has 0 saturated carbocycles. The fraction of sp³-hybridized carbons (Fsp3) is 0.263. The van der Waals surface area contributed by atoms with Crippen molar-refractivity contribution in [2.24, 2.45) is 0 Å². The Morgan fingerprint density at radius 2 is 2.21 bits per heavy atom. The molecule has 0 saturated heterocycles. The van der Waals surface area contributed by atoms with Gasteiger partial charge in [-0.05, 0) is 29.7 Å². The molecule has 1 aromatic carbocycles. The Morgan fingerprint density at radius 3 is 3.00 bits per heavy atom. The summed E-state index contributed by atoms with van der Waals surface area (Å²) in [5, 5.41) is 0.913. The standard InChI is InChI=1S/C19H18N2OS2/c1-3-11-21-18-15(20-19(21)23-4-2)16(22)14-10-9-12-7-5-6-8-13(12)17(14)24-18/h3,5-8H,1,4,9-11H2,2H3. The van der Waals surface area contributed by atoms with Crippen molar-refractivity contribution in [1.82, 2.24) is 9.55 Å². The maximum atomic E-state index is 13.1. The van der Waals surface area contributed by atoms with Crippen molar-refractivity contribution >= 4 is 33.4 Å². The summed E-state index contributed by atoms with van der Waals surface area (Å²) in [7, 11) is 0. The highest BCUT2D eigenvalue weighted by Gasteiger charge is 2.24. The molecule has 122 valence electrons. The zero-order chi connectivity index (χ0) is 16.7. The monoisotopic (exact) mass is 354 g/mol. The number of imidazole rings is 1. The van der Waals surface area contributed by atoms with Gasteiger partial charge < -0.3 is 4.57 Å². The molecule has 0 bridgehead atoms.